The minimum absolute atomic E-state index is 0.136. The average molecular weight is 464 g/mol. The molecule has 0 saturated carbocycles. The summed E-state index contributed by atoms with van der Waals surface area (Å²) >= 11 is 1.63. The fraction of sp³-hybridized carbons (Fsp3) is 0.160. The minimum atomic E-state index is -0.293. The van der Waals surface area contributed by atoms with Gasteiger partial charge < -0.3 is 14.8 Å². The summed E-state index contributed by atoms with van der Waals surface area (Å²) in [6.45, 7) is -0.136. The lowest BCUT2D eigenvalue weighted by molar-refractivity contribution is -0.120. The molecule has 3 aromatic rings. The van der Waals surface area contributed by atoms with Crippen LogP contribution in [0.15, 0.2) is 88.9 Å². The molecule has 8 heteroatoms. The van der Waals surface area contributed by atoms with Crippen LogP contribution in [0.5, 0.6) is 11.5 Å². The van der Waals surface area contributed by atoms with Crippen molar-refractivity contribution in [1.82, 2.24) is 5.43 Å². The molecule has 7 nitrogen and oxygen atoms in total. The van der Waals surface area contributed by atoms with Crippen LogP contribution in [0.4, 0.5) is 5.69 Å². The molecular weight excluding hydrogens is 438 g/mol. The fourth-order valence-corrected chi connectivity index (χ4v) is 3.62. The van der Waals surface area contributed by atoms with E-state index >= 15 is 0 Å². The number of hydrogen-bond acceptors (Lipinski definition) is 6. The first-order valence-corrected chi connectivity index (χ1v) is 11.3. The first-order valence-electron chi connectivity index (χ1n) is 10.3. The second-order valence-corrected chi connectivity index (χ2v) is 7.98. The molecular formula is C25H25N3O4S. The Labute approximate surface area is 197 Å². The molecule has 0 saturated heterocycles. The van der Waals surface area contributed by atoms with E-state index in [1.165, 1.54) is 0 Å². The number of methoxy groups -OCH3 is 1. The van der Waals surface area contributed by atoms with Crippen molar-refractivity contribution in [2.24, 2.45) is 5.10 Å². The zero-order valence-corrected chi connectivity index (χ0v) is 19.0. The molecule has 0 heterocycles. The predicted molar refractivity (Wildman–Crippen MR) is 131 cm³/mol. The SMILES string of the molecule is COc1ccccc1NC(=O)COc1ccc(/C=N\NC(=O)CCSc2ccccc2)cc1. The largest absolute Gasteiger partial charge is 0.495 e. The fourth-order valence-electron chi connectivity index (χ4n) is 2.75. The predicted octanol–water partition coefficient (Wildman–Crippen LogP) is 4.35. The second-order valence-electron chi connectivity index (χ2n) is 6.81. The third-order valence-electron chi connectivity index (χ3n) is 4.38. The number of hydrazone groups is 1. The highest BCUT2D eigenvalue weighted by molar-refractivity contribution is 7.99. The maximum absolute atomic E-state index is 12.1. The molecule has 0 aliphatic rings. The number of amides is 2. The van der Waals surface area contributed by atoms with E-state index < -0.39 is 0 Å². The van der Waals surface area contributed by atoms with Crippen LogP contribution in [0, 0.1) is 0 Å². The molecule has 2 amide bonds. The van der Waals surface area contributed by atoms with Crippen molar-refractivity contribution in [3.63, 3.8) is 0 Å². The van der Waals surface area contributed by atoms with Gasteiger partial charge >= 0.3 is 0 Å². The van der Waals surface area contributed by atoms with E-state index in [0.29, 0.717) is 29.4 Å². The number of nitrogens with one attached hydrogen (secondary N) is 2. The Hall–Kier alpha value is -3.78. The van der Waals surface area contributed by atoms with Crippen LogP contribution in [0.2, 0.25) is 0 Å². The molecule has 0 bridgehead atoms. The van der Waals surface area contributed by atoms with Crippen molar-refractivity contribution in [2.75, 3.05) is 24.8 Å². The van der Waals surface area contributed by atoms with Crippen molar-refractivity contribution >= 4 is 35.5 Å². The topological polar surface area (TPSA) is 89.0 Å². The summed E-state index contributed by atoms with van der Waals surface area (Å²) in [4.78, 5) is 25.2. The number of thioether (sulfide) groups is 1. The number of hydrogen-bond donors (Lipinski definition) is 2. The molecule has 170 valence electrons. The molecule has 3 rings (SSSR count). The molecule has 2 N–H and O–H groups in total. The van der Waals surface area contributed by atoms with Gasteiger partial charge in [0.15, 0.2) is 6.61 Å². The van der Waals surface area contributed by atoms with Gasteiger partial charge in [0.2, 0.25) is 5.91 Å². The molecule has 0 fully saturated rings. The second kappa shape index (κ2) is 12.9. The van der Waals surface area contributed by atoms with E-state index in [-0.39, 0.29) is 18.4 Å². The van der Waals surface area contributed by atoms with Crippen molar-refractivity contribution < 1.29 is 19.1 Å². The number of rotatable bonds is 11. The highest BCUT2D eigenvalue weighted by Gasteiger charge is 2.07. The maximum atomic E-state index is 12.1. The van der Waals surface area contributed by atoms with Crippen LogP contribution in [0.1, 0.15) is 12.0 Å². The summed E-state index contributed by atoms with van der Waals surface area (Å²) in [6.07, 6.45) is 1.93. The van der Waals surface area contributed by atoms with Crippen LogP contribution in [0.25, 0.3) is 0 Å². The normalized spacial score (nSPS) is 10.6. The molecule has 0 spiro atoms. The van der Waals surface area contributed by atoms with Gasteiger partial charge in [0.05, 0.1) is 19.0 Å². The average Bonchev–Trinajstić information content (AvgIpc) is 2.84. The molecule has 0 radical (unpaired) electrons. The molecule has 0 unspecified atom stereocenters. The highest BCUT2D eigenvalue weighted by atomic mass is 32.2. The number of nitrogens with zero attached hydrogens (tertiary/aromatic N) is 1. The van der Waals surface area contributed by atoms with Gasteiger partial charge in [0.25, 0.3) is 5.91 Å². The zero-order valence-electron chi connectivity index (χ0n) is 18.2. The number of ether oxygens (including phenoxy) is 2. The summed E-state index contributed by atoms with van der Waals surface area (Å²) < 4.78 is 10.7. The third kappa shape index (κ3) is 8.34. The summed E-state index contributed by atoms with van der Waals surface area (Å²) in [6, 6.07) is 24.1. The van der Waals surface area contributed by atoms with Crippen LogP contribution in [-0.2, 0) is 9.59 Å². The van der Waals surface area contributed by atoms with Gasteiger partial charge in [0, 0.05) is 17.1 Å². The van der Waals surface area contributed by atoms with Crippen molar-refractivity contribution in [3.8, 4) is 11.5 Å². The van der Waals surface area contributed by atoms with Gasteiger partial charge in [-0.25, -0.2) is 5.43 Å². The molecule has 0 aromatic heterocycles. The first kappa shape index (κ1) is 23.9. The number of para-hydroxylation sites is 2. The van der Waals surface area contributed by atoms with E-state index in [1.807, 2.05) is 42.5 Å². The van der Waals surface area contributed by atoms with E-state index in [1.54, 1.807) is 61.5 Å². The van der Waals surface area contributed by atoms with Crippen molar-refractivity contribution in [2.45, 2.75) is 11.3 Å². The summed E-state index contributed by atoms with van der Waals surface area (Å²) in [7, 11) is 1.54. The molecule has 3 aromatic carbocycles. The first-order chi connectivity index (χ1) is 16.1. The van der Waals surface area contributed by atoms with Gasteiger partial charge in [-0.1, -0.05) is 30.3 Å². The maximum Gasteiger partial charge on any atom is 0.262 e. The molecule has 0 atom stereocenters. The zero-order chi connectivity index (χ0) is 23.3. The minimum Gasteiger partial charge on any atom is -0.495 e. The Morgan fingerprint density at radius 2 is 1.67 bits per heavy atom. The van der Waals surface area contributed by atoms with E-state index in [9.17, 15) is 9.59 Å². The Balaban J connectivity index is 1.37. The van der Waals surface area contributed by atoms with E-state index in [0.717, 1.165) is 10.5 Å². The highest BCUT2D eigenvalue weighted by Crippen LogP contribution is 2.23. The summed E-state index contributed by atoms with van der Waals surface area (Å²) in [5.41, 5.74) is 3.90. The number of carbonyl (C=O) groups is 2. The van der Waals surface area contributed by atoms with Crippen LogP contribution >= 0.6 is 11.8 Å². The Morgan fingerprint density at radius 3 is 2.42 bits per heavy atom. The Bertz CT molecular complexity index is 1070. The molecule has 0 aliphatic heterocycles. The Kier molecular flexibility index (Phi) is 9.35. The van der Waals surface area contributed by atoms with Crippen LogP contribution < -0.4 is 20.2 Å². The Morgan fingerprint density at radius 1 is 0.939 bits per heavy atom. The summed E-state index contributed by atoms with van der Waals surface area (Å²) in [5.74, 6) is 1.37. The third-order valence-corrected chi connectivity index (χ3v) is 5.39. The van der Waals surface area contributed by atoms with Gasteiger partial charge in [-0.05, 0) is 54.1 Å². The smallest absolute Gasteiger partial charge is 0.262 e. The lowest BCUT2D eigenvalue weighted by Crippen LogP contribution is -2.20. The van der Waals surface area contributed by atoms with Gasteiger partial charge in [-0.2, -0.15) is 5.10 Å². The lowest BCUT2D eigenvalue weighted by atomic mass is 10.2. The van der Waals surface area contributed by atoms with Gasteiger partial charge in [0.1, 0.15) is 11.5 Å². The van der Waals surface area contributed by atoms with Gasteiger partial charge in [-0.15, -0.1) is 11.8 Å². The van der Waals surface area contributed by atoms with E-state index in [2.05, 4.69) is 15.8 Å². The standard InChI is InChI=1S/C25H25N3O4S/c1-31-23-10-6-5-9-22(23)27-25(30)18-32-20-13-11-19(12-14-20)17-26-28-24(29)15-16-33-21-7-3-2-4-8-21/h2-14,17H,15-16,18H2,1H3,(H,27,30)(H,28,29)/b26-17-. The molecule has 0 aliphatic carbocycles. The van der Waals surface area contributed by atoms with Crippen LogP contribution in [0.3, 0.4) is 0 Å². The number of carbonyl (C=O) groups excluding carboxylic acids is 2. The lowest BCUT2D eigenvalue weighted by Gasteiger charge is -2.10. The monoisotopic (exact) mass is 463 g/mol. The van der Waals surface area contributed by atoms with Crippen molar-refractivity contribution in [1.29, 1.82) is 0 Å². The number of benzene rings is 3. The summed E-state index contributed by atoms with van der Waals surface area (Å²) in [5, 5.41) is 6.74. The van der Waals surface area contributed by atoms with Crippen molar-refractivity contribution in [3.05, 3.63) is 84.4 Å². The van der Waals surface area contributed by atoms with E-state index in [4.69, 9.17) is 9.47 Å². The quantitative estimate of drug-likeness (QED) is 0.251. The van der Waals surface area contributed by atoms with Gasteiger partial charge in [-0.3, -0.25) is 9.59 Å². The van der Waals surface area contributed by atoms with Crippen LogP contribution in [-0.4, -0.2) is 37.5 Å². The number of anilines is 1. The molecule has 33 heavy (non-hydrogen) atoms.